The summed E-state index contributed by atoms with van der Waals surface area (Å²) in [6.07, 6.45) is -4.66. The van der Waals surface area contributed by atoms with E-state index in [1.165, 1.54) is 13.8 Å². The van der Waals surface area contributed by atoms with E-state index < -0.39 is 29.0 Å². The van der Waals surface area contributed by atoms with Gasteiger partial charge in [-0.05, 0) is 25.5 Å². The number of aryl methyl sites for hydroxylation is 1. The van der Waals surface area contributed by atoms with E-state index in [0.717, 1.165) is 0 Å². The molecule has 0 aliphatic carbocycles. The summed E-state index contributed by atoms with van der Waals surface area (Å²) in [6, 6.07) is 0.702. The predicted octanol–water partition coefficient (Wildman–Crippen LogP) is 1.88. The van der Waals surface area contributed by atoms with Crippen LogP contribution in [0.2, 0.25) is 0 Å². The number of hydrogen-bond acceptors (Lipinski definition) is 3. The van der Waals surface area contributed by atoms with Crippen LogP contribution in [-0.4, -0.2) is 17.6 Å². The number of aromatic nitrogens is 1. The molecule has 4 nitrogen and oxygen atoms in total. The summed E-state index contributed by atoms with van der Waals surface area (Å²) in [7, 11) is 0. The molecule has 0 atom stereocenters. The highest BCUT2D eigenvalue weighted by Gasteiger charge is 2.33. The van der Waals surface area contributed by atoms with Gasteiger partial charge in [0.15, 0.2) is 0 Å². The summed E-state index contributed by atoms with van der Waals surface area (Å²) in [5.74, 6) is -0.931. The first-order valence-electron chi connectivity index (χ1n) is 4.75. The molecule has 0 radical (unpaired) electrons. The van der Waals surface area contributed by atoms with E-state index in [1.807, 2.05) is 0 Å². The summed E-state index contributed by atoms with van der Waals surface area (Å²) in [6.45, 7) is 2.82. The summed E-state index contributed by atoms with van der Waals surface area (Å²) in [5.41, 5.74) is -2.76. The summed E-state index contributed by atoms with van der Waals surface area (Å²) in [5, 5.41) is 0. The highest BCUT2D eigenvalue weighted by Crippen LogP contribution is 2.27. The maximum Gasteiger partial charge on any atom is 0.431 e. The number of aromatic amines is 1. The van der Waals surface area contributed by atoms with E-state index >= 15 is 0 Å². The van der Waals surface area contributed by atoms with Crippen molar-refractivity contribution in [3.63, 3.8) is 0 Å². The van der Waals surface area contributed by atoms with Gasteiger partial charge in [0.1, 0.15) is 11.3 Å². The number of ether oxygens (including phenoxy) is 1. The van der Waals surface area contributed by atoms with Crippen molar-refractivity contribution in [2.75, 3.05) is 6.61 Å². The third kappa shape index (κ3) is 2.86. The lowest BCUT2D eigenvalue weighted by Crippen LogP contribution is -2.25. The first-order valence-corrected chi connectivity index (χ1v) is 4.75. The van der Waals surface area contributed by atoms with Gasteiger partial charge in [-0.3, -0.25) is 4.79 Å². The average Bonchev–Trinajstić information content (AvgIpc) is 2.15. The maximum atomic E-state index is 12.3. The lowest BCUT2D eigenvalue weighted by molar-refractivity contribution is -0.141. The quantitative estimate of drug-likeness (QED) is 0.814. The number of nitrogens with one attached hydrogen (secondary N) is 1. The number of H-pyrrole nitrogens is 1. The van der Waals surface area contributed by atoms with Gasteiger partial charge in [-0.2, -0.15) is 13.2 Å². The Kier molecular flexibility index (Phi) is 3.59. The fraction of sp³-hybridized carbons (Fsp3) is 0.400. The van der Waals surface area contributed by atoms with Crippen LogP contribution in [0.3, 0.4) is 0 Å². The van der Waals surface area contributed by atoms with Crippen LogP contribution >= 0.6 is 0 Å². The van der Waals surface area contributed by atoms with Crippen LogP contribution in [0, 0.1) is 6.92 Å². The Morgan fingerprint density at radius 1 is 1.47 bits per heavy atom. The van der Waals surface area contributed by atoms with Crippen LogP contribution < -0.4 is 5.56 Å². The molecule has 0 aromatic carbocycles. The lowest BCUT2D eigenvalue weighted by Gasteiger charge is -2.09. The fourth-order valence-corrected chi connectivity index (χ4v) is 1.30. The number of carbonyl (C=O) groups excluding carboxylic acids is 1. The zero-order valence-corrected chi connectivity index (χ0v) is 9.14. The van der Waals surface area contributed by atoms with Crippen molar-refractivity contribution in [2.24, 2.45) is 0 Å². The van der Waals surface area contributed by atoms with Gasteiger partial charge in [-0.15, -0.1) is 0 Å². The first-order chi connectivity index (χ1) is 7.77. The minimum absolute atomic E-state index is 0.0404. The fourth-order valence-electron chi connectivity index (χ4n) is 1.30. The Labute approximate surface area is 94.4 Å². The van der Waals surface area contributed by atoms with Crippen LogP contribution in [0.5, 0.6) is 0 Å². The van der Waals surface area contributed by atoms with Crippen molar-refractivity contribution in [3.05, 3.63) is 33.2 Å². The van der Waals surface area contributed by atoms with Gasteiger partial charge in [0, 0.05) is 0 Å². The Bertz CT molecular complexity index is 491. The summed E-state index contributed by atoms with van der Waals surface area (Å²) in [4.78, 5) is 24.3. The van der Waals surface area contributed by atoms with Gasteiger partial charge in [0.05, 0.1) is 6.61 Å². The smallest absolute Gasteiger partial charge is 0.431 e. The van der Waals surface area contributed by atoms with Crippen LogP contribution in [0.4, 0.5) is 13.2 Å². The van der Waals surface area contributed by atoms with E-state index in [2.05, 4.69) is 4.74 Å². The molecule has 0 aliphatic rings. The van der Waals surface area contributed by atoms with Gasteiger partial charge < -0.3 is 9.72 Å². The SMILES string of the molecule is CCOC(=O)c1c(C)cc(C(F)(F)F)[nH]c1=O. The normalized spacial score (nSPS) is 11.4. The Morgan fingerprint density at radius 2 is 2.06 bits per heavy atom. The first kappa shape index (κ1) is 13.3. The second-order valence-electron chi connectivity index (χ2n) is 3.29. The van der Waals surface area contributed by atoms with Gasteiger partial charge >= 0.3 is 12.1 Å². The Balaban J connectivity index is 3.30. The van der Waals surface area contributed by atoms with Crippen LogP contribution in [0.1, 0.15) is 28.5 Å². The predicted molar refractivity (Wildman–Crippen MR) is 52.8 cm³/mol. The third-order valence-corrected chi connectivity index (χ3v) is 2.02. The highest BCUT2D eigenvalue weighted by atomic mass is 19.4. The Hall–Kier alpha value is -1.79. The van der Waals surface area contributed by atoms with Crippen molar-refractivity contribution in [1.29, 1.82) is 0 Å². The molecule has 1 heterocycles. The van der Waals surface area contributed by atoms with Crippen molar-refractivity contribution < 1.29 is 22.7 Å². The molecule has 94 valence electrons. The molecule has 17 heavy (non-hydrogen) atoms. The molecule has 1 aromatic rings. The molecule has 1 N–H and O–H groups in total. The van der Waals surface area contributed by atoms with Crippen LogP contribution in [-0.2, 0) is 10.9 Å². The molecule has 0 saturated carbocycles. The zero-order chi connectivity index (χ0) is 13.2. The van der Waals surface area contributed by atoms with Gasteiger partial charge in [-0.25, -0.2) is 4.79 Å². The number of rotatable bonds is 2. The number of hydrogen-bond donors (Lipinski definition) is 1. The van der Waals surface area contributed by atoms with E-state index in [1.54, 1.807) is 4.98 Å². The van der Waals surface area contributed by atoms with Gasteiger partial charge in [0.2, 0.25) is 0 Å². The van der Waals surface area contributed by atoms with Crippen LogP contribution in [0.25, 0.3) is 0 Å². The number of halogens is 3. The topological polar surface area (TPSA) is 59.2 Å². The van der Waals surface area contributed by atoms with Gasteiger partial charge in [-0.1, -0.05) is 0 Å². The van der Waals surface area contributed by atoms with Crippen molar-refractivity contribution in [3.8, 4) is 0 Å². The van der Waals surface area contributed by atoms with Crippen LogP contribution in [0.15, 0.2) is 10.9 Å². The molecule has 1 aromatic heterocycles. The molecule has 0 unspecified atom stereocenters. The number of esters is 1. The van der Waals surface area contributed by atoms with E-state index in [0.29, 0.717) is 6.07 Å². The molecule has 0 bridgehead atoms. The van der Waals surface area contributed by atoms with E-state index in [9.17, 15) is 22.8 Å². The minimum Gasteiger partial charge on any atom is -0.462 e. The highest BCUT2D eigenvalue weighted by molar-refractivity contribution is 5.90. The van der Waals surface area contributed by atoms with Crippen molar-refractivity contribution >= 4 is 5.97 Å². The van der Waals surface area contributed by atoms with Crippen molar-refractivity contribution in [1.82, 2.24) is 4.98 Å². The van der Waals surface area contributed by atoms with Gasteiger partial charge in [0.25, 0.3) is 5.56 Å². The third-order valence-electron chi connectivity index (χ3n) is 2.02. The monoisotopic (exact) mass is 249 g/mol. The molecular weight excluding hydrogens is 239 g/mol. The standard InChI is InChI=1S/C10H10F3NO3/c1-3-17-9(16)7-5(2)4-6(10(11,12)13)14-8(7)15/h4H,3H2,1-2H3,(H,14,15). The second-order valence-corrected chi connectivity index (χ2v) is 3.29. The number of pyridine rings is 1. The molecule has 0 spiro atoms. The number of alkyl halides is 3. The molecular formula is C10H10F3NO3. The second kappa shape index (κ2) is 4.60. The average molecular weight is 249 g/mol. The van der Waals surface area contributed by atoms with E-state index in [4.69, 9.17) is 0 Å². The zero-order valence-electron chi connectivity index (χ0n) is 9.14. The molecule has 0 aliphatic heterocycles. The molecule has 7 heteroatoms. The molecule has 1 rings (SSSR count). The Morgan fingerprint density at radius 3 is 2.47 bits per heavy atom. The maximum absolute atomic E-state index is 12.3. The summed E-state index contributed by atoms with van der Waals surface area (Å²) < 4.78 is 41.6. The molecule has 0 amide bonds. The molecule has 0 fully saturated rings. The van der Waals surface area contributed by atoms with Crippen molar-refractivity contribution in [2.45, 2.75) is 20.0 Å². The lowest BCUT2D eigenvalue weighted by atomic mass is 10.1. The minimum atomic E-state index is -4.66. The number of carbonyl (C=O) groups is 1. The largest absolute Gasteiger partial charge is 0.462 e. The van der Waals surface area contributed by atoms with E-state index in [-0.39, 0.29) is 12.2 Å². The molecule has 0 saturated heterocycles. The summed E-state index contributed by atoms with van der Waals surface area (Å²) >= 11 is 0.